The number of hydrogen-bond donors (Lipinski definition) is 2. The molecule has 4 nitrogen and oxygen atoms in total. The molecule has 0 amide bonds. The number of hydrogen-bond acceptors (Lipinski definition) is 2. The normalized spacial score (nSPS) is 11.2. The predicted octanol–water partition coefficient (Wildman–Crippen LogP) is 5.04. The van der Waals surface area contributed by atoms with Gasteiger partial charge in [0, 0.05) is 0 Å². The minimum Gasteiger partial charge on any atom is -0.478 e. The molecule has 0 unspecified atom stereocenters. The maximum atomic E-state index is 11.7. The van der Waals surface area contributed by atoms with Crippen molar-refractivity contribution in [3.05, 3.63) is 34.4 Å². The van der Waals surface area contributed by atoms with E-state index in [0.717, 1.165) is 37.7 Å². The first-order chi connectivity index (χ1) is 11.2. The van der Waals surface area contributed by atoms with Gasteiger partial charge in [-0.05, 0) is 54.7 Å². The Labute approximate surface area is 144 Å². The molecule has 0 aliphatic carbocycles. The van der Waals surface area contributed by atoms with Crippen LogP contribution < -0.4 is 0 Å². The van der Waals surface area contributed by atoms with Crippen LogP contribution in [0.1, 0.15) is 85.2 Å². The van der Waals surface area contributed by atoms with Crippen molar-refractivity contribution < 1.29 is 19.8 Å². The first-order valence-electron chi connectivity index (χ1n) is 8.85. The third-order valence-corrected chi connectivity index (χ3v) is 4.29. The van der Waals surface area contributed by atoms with E-state index in [0.29, 0.717) is 23.8 Å². The van der Waals surface area contributed by atoms with E-state index in [4.69, 9.17) is 0 Å². The van der Waals surface area contributed by atoms with Crippen LogP contribution in [-0.4, -0.2) is 22.2 Å². The van der Waals surface area contributed by atoms with Gasteiger partial charge in [0.2, 0.25) is 0 Å². The molecule has 0 aromatic heterocycles. The van der Waals surface area contributed by atoms with Gasteiger partial charge in [-0.1, -0.05) is 46.6 Å². The van der Waals surface area contributed by atoms with Crippen molar-refractivity contribution >= 4 is 11.9 Å². The summed E-state index contributed by atoms with van der Waals surface area (Å²) >= 11 is 0. The van der Waals surface area contributed by atoms with Crippen molar-refractivity contribution in [1.29, 1.82) is 0 Å². The van der Waals surface area contributed by atoms with E-state index in [2.05, 4.69) is 27.7 Å². The average Bonchev–Trinajstić information content (AvgIpc) is 2.46. The van der Waals surface area contributed by atoms with Crippen LogP contribution in [-0.2, 0) is 12.8 Å². The fourth-order valence-corrected chi connectivity index (χ4v) is 3.02. The maximum Gasteiger partial charge on any atom is 0.336 e. The molecule has 0 aliphatic heterocycles. The fourth-order valence-electron chi connectivity index (χ4n) is 3.02. The number of carboxylic acids is 2. The lowest BCUT2D eigenvalue weighted by Crippen LogP contribution is -2.14. The predicted molar refractivity (Wildman–Crippen MR) is 95.9 cm³/mol. The Balaban J connectivity index is 3.18. The van der Waals surface area contributed by atoms with Gasteiger partial charge in [0.1, 0.15) is 0 Å². The van der Waals surface area contributed by atoms with Crippen LogP contribution in [0.4, 0.5) is 0 Å². The number of carbonyl (C=O) groups is 2. The first-order valence-corrected chi connectivity index (χ1v) is 8.85. The summed E-state index contributed by atoms with van der Waals surface area (Å²) in [5.74, 6) is -1.17. The van der Waals surface area contributed by atoms with Gasteiger partial charge in [-0.3, -0.25) is 0 Å². The zero-order chi connectivity index (χ0) is 18.3. The lowest BCUT2D eigenvalue weighted by atomic mass is 9.88. The molecule has 0 radical (unpaired) electrons. The molecule has 0 heterocycles. The van der Waals surface area contributed by atoms with E-state index < -0.39 is 11.9 Å². The Bertz CT molecular complexity index is 573. The molecule has 0 aliphatic rings. The number of aromatic carboxylic acids is 2. The molecule has 0 saturated heterocycles. The van der Waals surface area contributed by atoms with Gasteiger partial charge in [0.25, 0.3) is 0 Å². The van der Waals surface area contributed by atoms with Crippen molar-refractivity contribution in [2.75, 3.05) is 0 Å². The number of rotatable bonds is 10. The van der Waals surface area contributed by atoms with E-state index in [9.17, 15) is 19.8 Å². The Morgan fingerprint density at radius 3 is 1.88 bits per heavy atom. The van der Waals surface area contributed by atoms with Gasteiger partial charge in [-0.25, -0.2) is 9.59 Å². The maximum absolute atomic E-state index is 11.7. The van der Waals surface area contributed by atoms with Crippen LogP contribution in [0.5, 0.6) is 0 Å². The van der Waals surface area contributed by atoms with E-state index in [1.807, 2.05) is 0 Å². The molecule has 0 spiro atoms. The van der Waals surface area contributed by atoms with Crippen molar-refractivity contribution in [1.82, 2.24) is 0 Å². The van der Waals surface area contributed by atoms with Crippen LogP contribution in [0.15, 0.2) is 12.1 Å². The van der Waals surface area contributed by atoms with E-state index in [1.54, 1.807) is 6.07 Å². The van der Waals surface area contributed by atoms with Gasteiger partial charge < -0.3 is 10.2 Å². The highest BCUT2D eigenvalue weighted by Crippen LogP contribution is 2.25. The average molecular weight is 334 g/mol. The van der Waals surface area contributed by atoms with Gasteiger partial charge in [0.05, 0.1) is 11.1 Å². The molecule has 4 heteroatoms. The van der Waals surface area contributed by atoms with E-state index in [-0.39, 0.29) is 11.1 Å². The lowest BCUT2D eigenvalue weighted by molar-refractivity contribution is 0.0650. The van der Waals surface area contributed by atoms with Crippen molar-refractivity contribution in [2.45, 2.75) is 66.2 Å². The summed E-state index contributed by atoms with van der Waals surface area (Å²) in [4.78, 5) is 23.1. The summed E-state index contributed by atoms with van der Waals surface area (Å²) in [6.45, 7) is 8.60. The third-order valence-electron chi connectivity index (χ3n) is 4.29. The molecule has 0 saturated carbocycles. The van der Waals surface area contributed by atoms with E-state index >= 15 is 0 Å². The largest absolute Gasteiger partial charge is 0.478 e. The fraction of sp³-hybridized carbons (Fsp3) is 0.600. The van der Waals surface area contributed by atoms with Crippen molar-refractivity contribution in [3.63, 3.8) is 0 Å². The summed E-state index contributed by atoms with van der Waals surface area (Å²) in [5.41, 5.74) is 1.58. The summed E-state index contributed by atoms with van der Waals surface area (Å²) in [7, 11) is 0. The molecule has 0 atom stereocenters. The lowest BCUT2D eigenvalue weighted by Gasteiger charge is -2.16. The number of aryl methyl sites for hydroxylation is 1. The Hall–Kier alpha value is -1.84. The third kappa shape index (κ3) is 5.99. The summed E-state index contributed by atoms with van der Waals surface area (Å²) in [6.07, 6.45) is 5.36. The molecule has 1 aromatic carbocycles. The van der Waals surface area contributed by atoms with Gasteiger partial charge >= 0.3 is 11.9 Å². The topological polar surface area (TPSA) is 74.6 Å². The highest BCUT2D eigenvalue weighted by atomic mass is 16.4. The molecular weight excluding hydrogens is 304 g/mol. The van der Waals surface area contributed by atoms with Crippen LogP contribution in [0.3, 0.4) is 0 Å². The number of carboxylic acid groups (broad SMARTS) is 2. The SMILES string of the molecule is CC(C)CCCc1ccc(C(=O)O)c(C(=O)O)c1CCCC(C)C. The molecule has 24 heavy (non-hydrogen) atoms. The summed E-state index contributed by atoms with van der Waals surface area (Å²) in [5, 5.41) is 18.9. The molecule has 1 aromatic rings. The van der Waals surface area contributed by atoms with Gasteiger partial charge in [-0.2, -0.15) is 0 Å². The van der Waals surface area contributed by atoms with Gasteiger partial charge in [-0.15, -0.1) is 0 Å². The Morgan fingerprint density at radius 1 is 0.875 bits per heavy atom. The molecule has 0 bridgehead atoms. The van der Waals surface area contributed by atoms with Crippen molar-refractivity contribution in [2.24, 2.45) is 11.8 Å². The minimum atomic E-state index is -1.17. The molecular formula is C20H30O4. The molecule has 2 N–H and O–H groups in total. The zero-order valence-corrected chi connectivity index (χ0v) is 15.3. The highest BCUT2D eigenvalue weighted by molar-refractivity contribution is 6.03. The number of benzene rings is 1. The second kappa shape index (κ2) is 9.45. The van der Waals surface area contributed by atoms with Crippen LogP contribution in [0, 0.1) is 11.8 Å². The van der Waals surface area contributed by atoms with Crippen molar-refractivity contribution in [3.8, 4) is 0 Å². The first kappa shape index (κ1) is 20.2. The monoisotopic (exact) mass is 334 g/mol. The minimum absolute atomic E-state index is 0.0201. The van der Waals surface area contributed by atoms with E-state index in [1.165, 1.54) is 6.07 Å². The summed E-state index contributed by atoms with van der Waals surface area (Å²) in [6, 6.07) is 3.25. The zero-order valence-electron chi connectivity index (χ0n) is 15.3. The Kier molecular flexibility index (Phi) is 7.96. The summed E-state index contributed by atoms with van der Waals surface area (Å²) < 4.78 is 0. The molecule has 0 fully saturated rings. The molecule has 134 valence electrons. The quantitative estimate of drug-likeness (QED) is 0.628. The second-order valence-electron chi connectivity index (χ2n) is 7.31. The second-order valence-corrected chi connectivity index (χ2v) is 7.31. The standard InChI is InChI=1S/C20H30O4/c1-13(2)7-5-9-15-11-12-17(19(21)22)18(20(23)24)16(15)10-6-8-14(3)4/h11-14H,5-10H2,1-4H3,(H,21,22)(H,23,24). The highest BCUT2D eigenvalue weighted by Gasteiger charge is 2.22. The van der Waals surface area contributed by atoms with Crippen LogP contribution >= 0.6 is 0 Å². The van der Waals surface area contributed by atoms with Gasteiger partial charge in [0.15, 0.2) is 0 Å². The Morgan fingerprint density at radius 2 is 1.42 bits per heavy atom. The molecule has 1 rings (SSSR count). The van der Waals surface area contributed by atoms with Crippen LogP contribution in [0.2, 0.25) is 0 Å². The van der Waals surface area contributed by atoms with Crippen LogP contribution in [0.25, 0.3) is 0 Å². The smallest absolute Gasteiger partial charge is 0.336 e.